The Bertz CT molecular complexity index is 1290. The summed E-state index contributed by atoms with van der Waals surface area (Å²) in [5.41, 5.74) is 1.42. The van der Waals surface area contributed by atoms with E-state index in [1.807, 2.05) is 0 Å². The lowest BCUT2D eigenvalue weighted by Crippen LogP contribution is -2.49. The molecule has 0 radical (unpaired) electrons. The van der Waals surface area contributed by atoms with Gasteiger partial charge in [0.05, 0.1) is 19.3 Å². The number of hydrogen-bond donors (Lipinski definition) is 3. The van der Waals surface area contributed by atoms with Crippen LogP contribution >= 0.6 is 0 Å². The summed E-state index contributed by atoms with van der Waals surface area (Å²) in [5.74, 6) is -4.66. The van der Waals surface area contributed by atoms with Gasteiger partial charge in [-0.25, -0.2) is 4.98 Å². The summed E-state index contributed by atoms with van der Waals surface area (Å²) >= 11 is 0. The first-order valence-electron chi connectivity index (χ1n) is 13.9. The van der Waals surface area contributed by atoms with Crippen molar-refractivity contribution in [2.75, 3.05) is 37.0 Å². The van der Waals surface area contributed by atoms with Crippen LogP contribution in [0, 0.1) is 0 Å². The Balaban J connectivity index is 1.44. The van der Waals surface area contributed by atoms with Crippen LogP contribution in [-0.2, 0) is 4.79 Å². The minimum absolute atomic E-state index is 0.124. The summed E-state index contributed by atoms with van der Waals surface area (Å²) in [5, 5.41) is 9.49. The number of allylic oxidation sites excluding steroid dienone is 1. The van der Waals surface area contributed by atoms with Crippen LogP contribution in [0.3, 0.4) is 0 Å². The van der Waals surface area contributed by atoms with Crippen LogP contribution in [0.1, 0.15) is 67.3 Å². The number of hydrogen-bond acceptors (Lipinski definition) is 8. The number of piperidine rings is 1. The first-order valence-corrected chi connectivity index (χ1v) is 13.9. The van der Waals surface area contributed by atoms with Crippen LogP contribution in [-0.4, -0.2) is 66.4 Å². The molecule has 2 fully saturated rings. The molecule has 3 aliphatic rings. The molecule has 1 atom stereocenters. The van der Waals surface area contributed by atoms with Crippen molar-refractivity contribution in [2.45, 2.75) is 69.4 Å². The zero-order valence-electron chi connectivity index (χ0n) is 22.9. The maximum Gasteiger partial charge on any atom is 0.326 e. The molecular weight excluding hydrogens is 518 g/mol. The number of aromatic nitrogens is 2. The highest BCUT2D eigenvalue weighted by Crippen LogP contribution is 2.41. The lowest BCUT2D eigenvalue weighted by Gasteiger charge is -2.37. The Kier molecular flexibility index (Phi) is 8.02. The van der Waals surface area contributed by atoms with Crippen LogP contribution in [0.2, 0.25) is 0 Å². The number of nitrogens with zero attached hydrogens (tertiary/aromatic N) is 3. The number of halogens is 2. The quantitative estimate of drug-likeness (QED) is 0.453. The molecule has 1 amide bonds. The second kappa shape index (κ2) is 11.5. The van der Waals surface area contributed by atoms with E-state index in [0.717, 1.165) is 51.6 Å². The largest absolute Gasteiger partial charge is 0.495 e. The minimum Gasteiger partial charge on any atom is -0.495 e. The average Bonchev–Trinajstić information content (AvgIpc) is 3.50. The number of benzene rings is 1. The van der Waals surface area contributed by atoms with E-state index in [1.54, 1.807) is 36.2 Å². The highest BCUT2D eigenvalue weighted by Gasteiger charge is 2.47. The SMILES string of the molecule is C=C1C(=O)C(F)(F)CN(C2CCCC2)c2nc(Nc3ccc(C(=O)NC4CCNCC4)cc3OC)ncc2C1C. The highest BCUT2D eigenvalue weighted by atomic mass is 19.3. The zero-order chi connectivity index (χ0) is 28.4. The fraction of sp³-hybridized carbons (Fsp3) is 0.517. The number of alkyl halides is 2. The third-order valence-corrected chi connectivity index (χ3v) is 8.20. The number of nitrogens with one attached hydrogen (secondary N) is 3. The van der Waals surface area contributed by atoms with Crippen molar-refractivity contribution in [2.24, 2.45) is 0 Å². The van der Waals surface area contributed by atoms with Gasteiger partial charge in [-0.05, 0) is 57.0 Å². The maximum absolute atomic E-state index is 15.1. The van der Waals surface area contributed by atoms with Gasteiger partial charge in [-0.3, -0.25) is 9.59 Å². The molecule has 2 aliphatic heterocycles. The molecule has 1 saturated carbocycles. The van der Waals surface area contributed by atoms with Gasteiger partial charge in [0.15, 0.2) is 0 Å². The van der Waals surface area contributed by atoms with Gasteiger partial charge in [0.1, 0.15) is 11.6 Å². The molecule has 1 aliphatic carbocycles. The predicted molar refractivity (Wildman–Crippen MR) is 149 cm³/mol. The van der Waals surface area contributed by atoms with Gasteiger partial charge in [0.25, 0.3) is 5.91 Å². The van der Waals surface area contributed by atoms with Gasteiger partial charge in [0, 0.05) is 40.9 Å². The average molecular weight is 555 g/mol. The summed E-state index contributed by atoms with van der Waals surface area (Å²) in [6.07, 6.45) is 6.70. The van der Waals surface area contributed by atoms with Gasteiger partial charge in [0.2, 0.25) is 11.7 Å². The van der Waals surface area contributed by atoms with Gasteiger partial charge in [-0.2, -0.15) is 13.8 Å². The number of rotatable bonds is 6. The molecule has 3 N–H and O–H groups in total. The van der Waals surface area contributed by atoms with Gasteiger partial charge in [-0.1, -0.05) is 26.3 Å². The van der Waals surface area contributed by atoms with E-state index in [4.69, 9.17) is 9.72 Å². The van der Waals surface area contributed by atoms with Gasteiger partial charge >= 0.3 is 5.92 Å². The summed E-state index contributed by atoms with van der Waals surface area (Å²) in [4.78, 5) is 36.2. The van der Waals surface area contributed by atoms with Crippen LogP contribution in [0.15, 0.2) is 36.5 Å². The maximum atomic E-state index is 15.1. The second-order valence-corrected chi connectivity index (χ2v) is 10.9. The highest BCUT2D eigenvalue weighted by molar-refractivity contribution is 6.02. The Morgan fingerprint density at radius 1 is 1.20 bits per heavy atom. The van der Waals surface area contributed by atoms with Crippen LogP contribution < -0.4 is 25.6 Å². The fourth-order valence-electron chi connectivity index (χ4n) is 5.77. The number of fused-ring (bicyclic) bond motifs is 1. The molecule has 0 bridgehead atoms. The van der Waals surface area contributed by atoms with Crippen molar-refractivity contribution in [3.63, 3.8) is 0 Å². The molecule has 0 spiro atoms. The number of ketones is 1. The number of amides is 1. The normalized spacial score (nSPS) is 21.9. The summed E-state index contributed by atoms with van der Waals surface area (Å²) in [6.45, 7) is 6.37. The molecule has 9 nitrogen and oxygen atoms in total. The number of carbonyl (C=O) groups excluding carboxylic acids is 2. The molecule has 1 saturated heterocycles. The Morgan fingerprint density at radius 2 is 1.93 bits per heavy atom. The monoisotopic (exact) mass is 554 g/mol. The van der Waals surface area contributed by atoms with Crippen molar-refractivity contribution in [1.29, 1.82) is 0 Å². The fourth-order valence-corrected chi connectivity index (χ4v) is 5.77. The Hall–Kier alpha value is -3.60. The molecule has 1 aromatic carbocycles. The minimum atomic E-state index is -3.57. The molecule has 11 heteroatoms. The summed E-state index contributed by atoms with van der Waals surface area (Å²) in [7, 11) is 1.50. The van der Waals surface area contributed by atoms with Crippen molar-refractivity contribution in [3.8, 4) is 5.75 Å². The molecule has 3 heterocycles. The molecule has 214 valence electrons. The van der Waals surface area contributed by atoms with Crippen LogP contribution in [0.25, 0.3) is 0 Å². The van der Waals surface area contributed by atoms with E-state index in [2.05, 4.69) is 27.5 Å². The predicted octanol–water partition coefficient (Wildman–Crippen LogP) is 4.34. The van der Waals surface area contributed by atoms with Gasteiger partial charge in [-0.15, -0.1) is 0 Å². The third-order valence-electron chi connectivity index (χ3n) is 8.20. The van der Waals surface area contributed by atoms with Crippen molar-refractivity contribution in [3.05, 3.63) is 47.7 Å². The van der Waals surface area contributed by atoms with E-state index >= 15 is 8.78 Å². The standard InChI is InChI=1S/C29H36F2N6O3/c1-17-18(2)25(38)29(30,31)16-37(21-6-4-5-7-21)26-22(17)15-33-28(36-26)35-23-9-8-19(14-24(23)40-3)27(39)34-20-10-12-32-13-11-20/h8-9,14-15,17,20-21,32H,2,4-7,10-13,16H2,1,3H3,(H,34,39)(H,33,35,36). The number of carbonyl (C=O) groups is 2. The number of methoxy groups -OCH3 is 1. The third kappa shape index (κ3) is 5.65. The smallest absolute Gasteiger partial charge is 0.326 e. The van der Waals surface area contributed by atoms with Crippen molar-refractivity contribution >= 4 is 29.1 Å². The Morgan fingerprint density at radius 3 is 2.62 bits per heavy atom. The number of ether oxygens (including phenoxy) is 1. The molecule has 1 aromatic heterocycles. The second-order valence-electron chi connectivity index (χ2n) is 10.9. The van der Waals surface area contributed by atoms with E-state index < -0.39 is 24.2 Å². The summed E-state index contributed by atoms with van der Waals surface area (Å²) in [6, 6.07) is 5.03. The first-order chi connectivity index (χ1) is 19.2. The lowest BCUT2D eigenvalue weighted by atomic mass is 9.87. The lowest BCUT2D eigenvalue weighted by molar-refractivity contribution is -0.138. The van der Waals surface area contributed by atoms with Crippen molar-refractivity contribution < 1.29 is 23.1 Å². The van der Waals surface area contributed by atoms with E-state index in [9.17, 15) is 9.59 Å². The van der Waals surface area contributed by atoms with E-state index in [-0.39, 0.29) is 29.5 Å². The van der Waals surface area contributed by atoms with Gasteiger partial charge < -0.3 is 25.6 Å². The first kappa shape index (κ1) is 27.9. The molecule has 40 heavy (non-hydrogen) atoms. The Labute approximate surface area is 232 Å². The molecular formula is C29H36F2N6O3. The molecule has 2 aromatic rings. The van der Waals surface area contributed by atoms with Crippen molar-refractivity contribution in [1.82, 2.24) is 20.6 Å². The van der Waals surface area contributed by atoms with Crippen LogP contribution in [0.5, 0.6) is 5.75 Å². The topological polar surface area (TPSA) is 108 Å². The van der Waals surface area contributed by atoms with Crippen LogP contribution in [0.4, 0.5) is 26.2 Å². The molecule has 5 rings (SSSR count). The number of Topliss-reactive ketones (excluding diaryl/α,β-unsaturated/α-hetero) is 1. The molecule has 1 unspecified atom stereocenters. The van der Waals surface area contributed by atoms with E-state index in [1.165, 1.54) is 7.11 Å². The van der Waals surface area contributed by atoms with E-state index in [0.29, 0.717) is 28.4 Å². The number of anilines is 3. The zero-order valence-corrected chi connectivity index (χ0v) is 22.9. The summed E-state index contributed by atoms with van der Waals surface area (Å²) < 4.78 is 35.7.